The Morgan fingerprint density at radius 1 is 1.18 bits per heavy atom. The molecule has 0 bridgehead atoms. The lowest BCUT2D eigenvalue weighted by Gasteiger charge is -2.19. The van der Waals surface area contributed by atoms with Gasteiger partial charge in [0.1, 0.15) is 10.3 Å². The molecule has 8 heteroatoms. The average molecular weight is 488 g/mol. The maximum Gasteiger partial charge on any atom is 0.407 e. The Balaban J connectivity index is 1.61. The lowest BCUT2D eigenvalue weighted by Crippen LogP contribution is -2.33. The Morgan fingerprint density at radius 3 is 2.73 bits per heavy atom. The van der Waals surface area contributed by atoms with Crippen LogP contribution in [0.3, 0.4) is 0 Å². The number of carbonyl (C=O) groups is 1. The Hall–Kier alpha value is -2.32. The fourth-order valence-corrected chi connectivity index (χ4v) is 5.27. The van der Waals surface area contributed by atoms with Gasteiger partial charge in [0.25, 0.3) is 5.56 Å². The van der Waals surface area contributed by atoms with Crippen molar-refractivity contribution in [3.8, 4) is 0 Å². The van der Waals surface area contributed by atoms with Gasteiger partial charge in [-0.1, -0.05) is 35.5 Å². The maximum absolute atomic E-state index is 13.1. The van der Waals surface area contributed by atoms with Crippen LogP contribution in [0, 0.1) is 13.8 Å². The van der Waals surface area contributed by atoms with Crippen LogP contribution in [0.5, 0.6) is 0 Å². The van der Waals surface area contributed by atoms with Gasteiger partial charge in [0.15, 0.2) is 5.16 Å². The fraction of sp³-hybridized carbons (Fsp3) is 0.480. The van der Waals surface area contributed by atoms with Crippen molar-refractivity contribution in [2.24, 2.45) is 0 Å². The second kappa shape index (κ2) is 11.2. The van der Waals surface area contributed by atoms with E-state index in [2.05, 4.69) is 37.4 Å². The van der Waals surface area contributed by atoms with E-state index in [1.165, 1.54) is 28.0 Å². The molecule has 0 saturated carbocycles. The van der Waals surface area contributed by atoms with Gasteiger partial charge in [-0.25, -0.2) is 9.78 Å². The average Bonchev–Trinajstić information content (AvgIpc) is 3.20. The molecule has 1 N–H and O–H groups in total. The standard InChI is InChI=1S/C25H33N3O3S2/c1-17-9-10-18(2)19(15-17)16-33-23-27-20-11-14-32-21(20)22(29)28(23)13-8-6-7-12-26-24(30)31-25(3,4)5/h9-11,14-15H,6-8,12-13,16H2,1-5H3,(H,26,30). The molecular formula is C25H33N3O3S2. The summed E-state index contributed by atoms with van der Waals surface area (Å²) in [6.45, 7) is 10.9. The van der Waals surface area contributed by atoms with Crippen LogP contribution in [0.4, 0.5) is 4.79 Å². The van der Waals surface area contributed by atoms with Gasteiger partial charge >= 0.3 is 6.09 Å². The van der Waals surface area contributed by atoms with E-state index in [4.69, 9.17) is 9.72 Å². The normalized spacial score (nSPS) is 11.7. The summed E-state index contributed by atoms with van der Waals surface area (Å²) in [4.78, 5) is 29.7. The van der Waals surface area contributed by atoms with E-state index in [1.54, 1.807) is 11.8 Å². The topological polar surface area (TPSA) is 73.2 Å². The largest absolute Gasteiger partial charge is 0.444 e. The smallest absolute Gasteiger partial charge is 0.407 e. The number of thiophene rings is 1. The lowest BCUT2D eigenvalue weighted by atomic mass is 10.1. The molecule has 0 unspecified atom stereocenters. The molecule has 0 fully saturated rings. The third kappa shape index (κ3) is 7.33. The minimum atomic E-state index is -0.496. The van der Waals surface area contributed by atoms with E-state index in [-0.39, 0.29) is 5.56 Å². The second-order valence-corrected chi connectivity index (χ2v) is 11.1. The van der Waals surface area contributed by atoms with E-state index in [1.807, 2.05) is 36.8 Å². The molecule has 178 valence electrons. The van der Waals surface area contributed by atoms with E-state index >= 15 is 0 Å². The minimum Gasteiger partial charge on any atom is -0.444 e. The van der Waals surface area contributed by atoms with Crippen LogP contribution in [-0.2, 0) is 17.0 Å². The van der Waals surface area contributed by atoms with Crippen LogP contribution in [0.15, 0.2) is 39.6 Å². The first-order chi connectivity index (χ1) is 15.6. The van der Waals surface area contributed by atoms with Crippen molar-refractivity contribution in [1.82, 2.24) is 14.9 Å². The first-order valence-electron chi connectivity index (χ1n) is 11.3. The molecule has 2 heterocycles. The van der Waals surface area contributed by atoms with Gasteiger partial charge in [-0.15, -0.1) is 11.3 Å². The van der Waals surface area contributed by atoms with Crippen LogP contribution in [0.1, 0.15) is 56.7 Å². The number of hydrogen-bond acceptors (Lipinski definition) is 6. The number of benzene rings is 1. The molecule has 3 rings (SSSR count). The van der Waals surface area contributed by atoms with Crippen LogP contribution in [0.2, 0.25) is 0 Å². The molecule has 2 aromatic heterocycles. The molecule has 0 aliphatic heterocycles. The number of ether oxygens (including phenoxy) is 1. The molecule has 6 nitrogen and oxygen atoms in total. The van der Waals surface area contributed by atoms with Crippen LogP contribution in [0.25, 0.3) is 10.2 Å². The molecule has 0 saturated heterocycles. The van der Waals surface area contributed by atoms with Crippen molar-refractivity contribution in [2.75, 3.05) is 6.54 Å². The molecule has 0 aliphatic rings. The number of aryl methyl sites for hydroxylation is 2. The summed E-state index contributed by atoms with van der Waals surface area (Å²) in [7, 11) is 0. The van der Waals surface area contributed by atoms with Crippen molar-refractivity contribution in [3.05, 3.63) is 56.7 Å². The highest BCUT2D eigenvalue weighted by Crippen LogP contribution is 2.26. The third-order valence-corrected chi connectivity index (χ3v) is 7.04. The fourth-order valence-electron chi connectivity index (χ4n) is 3.41. The summed E-state index contributed by atoms with van der Waals surface area (Å²) in [6, 6.07) is 8.37. The van der Waals surface area contributed by atoms with Crippen molar-refractivity contribution < 1.29 is 9.53 Å². The molecule has 1 amide bonds. The van der Waals surface area contributed by atoms with E-state index in [9.17, 15) is 9.59 Å². The number of hydrogen-bond donors (Lipinski definition) is 1. The molecule has 33 heavy (non-hydrogen) atoms. The summed E-state index contributed by atoms with van der Waals surface area (Å²) >= 11 is 3.06. The van der Waals surface area contributed by atoms with Crippen LogP contribution < -0.4 is 10.9 Å². The minimum absolute atomic E-state index is 0.0327. The van der Waals surface area contributed by atoms with Gasteiger partial charge in [-0.05, 0) is 76.5 Å². The van der Waals surface area contributed by atoms with Crippen molar-refractivity contribution in [3.63, 3.8) is 0 Å². The number of fused-ring (bicyclic) bond motifs is 1. The lowest BCUT2D eigenvalue weighted by molar-refractivity contribution is 0.0527. The molecule has 0 aliphatic carbocycles. The zero-order chi connectivity index (χ0) is 24.0. The number of rotatable bonds is 9. The number of aromatic nitrogens is 2. The zero-order valence-corrected chi connectivity index (χ0v) is 21.7. The first-order valence-corrected chi connectivity index (χ1v) is 13.1. The van der Waals surface area contributed by atoms with Gasteiger partial charge in [0, 0.05) is 18.8 Å². The SMILES string of the molecule is Cc1ccc(C)c(CSc2nc3ccsc3c(=O)n2CCCCCNC(=O)OC(C)(C)C)c1. The van der Waals surface area contributed by atoms with Gasteiger partial charge in [0.2, 0.25) is 0 Å². The number of amides is 1. The first kappa shape index (κ1) is 25.3. The van der Waals surface area contributed by atoms with Crippen LogP contribution in [-0.4, -0.2) is 27.8 Å². The summed E-state index contributed by atoms with van der Waals surface area (Å²) in [5, 5.41) is 5.47. The summed E-state index contributed by atoms with van der Waals surface area (Å²) in [6.07, 6.45) is 2.17. The molecule has 0 atom stereocenters. The Labute approximate surface area is 203 Å². The predicted octanol–water partition coefficient (Wildman–Crippen LogP) is 6.06. The molecular weight excluding hydrogens is 454 g/mol. The predicted molar refractivity (Wildman–Crippen MR) is 137 cm³/mol. The highest BCUT2D eigenvalue weighted by molar-refractivity contribution is 7.98. The van der Waals surface area contributed by atoms with Crippen molar-refractivity contribution >= 4 is 39.4 Å². The number of carbonyl (C=O) groups excluding carboxylic acids is 1. The Bertz CT molecular complexity index is 1160. The van der Waals surface area contributed by atoms with Gasteiger partial charge in [-0.3, -0.25) is 9.36 Å². The number of nitrogens with zero attached hydrogens (tertiary/aromatic N) is 2. The van der Waals surface area contributed by atoms with E-state index in [0.29, 0.717) is 17.8 Å². The molecule has 0 radical (unpaired) electrons. The quantitative estimate of drug-likeness (QED) is 0.226. The zero-order valence-electron chi connectivity index (χ0n) is 20.1. The summed E-state index contributed by atoms with van der Waals surface area (Å²) < 4.78 is 7.77. The van der Waals surface area contributed by atoms with Crippen LogP contribution >= 0.6 is 23.1 Å². The highest BCUT2D eigenvalue weighted by Gasteiger charge is 2.16. The highest BCUT2D eigenvalue weighted by atomic mass is 32.2. The number of nitrogens with one attached hydrogen (secondary N) is 1. The monoisotopic (exact) mass is 487 g/mol. The van der Waals surface area contributed by atoms with E-state index in [0.717, 1.165) is 35.7 Å². The number of unbranched alkanes of at least 4 members (excludes halogenated alkanes) is 2. The maximum atomic E-state index is 13.1. The van der Waals surface area contributed by atoms with Crippen molar-refractivity contribution in [1.29, 1.82) is 0 Å². The molecule has 0 spiro atoms. The summed E-state index contributed by atoms with van der Waals surface area (Å²) in [5.41, 5.74) is 4.05. The molecule has 3 aromatic rings. The summed E-state index contributed by atoms with van der Waals surface area (Å²) in [5.74, 6) is 0.773. The van der Waals surface area contributed by atoms with E-state index < -0.39 is 11.7 Å². The van der Waals surface area contributed by atoms with Gasteiger partial charge in [0.05, 0.1) is 5.52 Å². The number of thioether (sulfide) groups is 1. The second-order valence-electron chi connectivity index (χ2n) is 9.19. The van der Waals surface area contributed by atoms with Gasteiger partial charge in [-0.2, -0.15) is 0 Å². The third-order valence-electron chi connectivity index (χ3n) is 5.12. The molecule has 1 aromatic carbocycles. The Morgan fingerprint density at radius 2 is 1.97 bits per heavy atom. The Kier molecular flexibility index (Phi) is 8.59. The van der Waals surface area contributed by atoms with Crippen molar-refractivity contribution in [2.45, 2.75) is 76.9 Å². The van der Waals surface area contributed by atoms with Gasteiger partial charge < -0.3 is 10.1 Å². The number of alkyl carbamates (subject to hydrolysis) is 1.